The summed E-state index contributed by atoms with van der Waals surface area (Å²) in [4.78, 5) is 0. The van der Waals surface area contributed by atoms with E-state index in [0.29, 0.717) is 11.7 Å². The van der Waals surface area contributed by atoms with Gasteiger partial charge in [-0.3, -0.25) is 0 Å². The lowest BCUT2D eigenvalue weighted by atomic mass is 9.92. The largest absolute Gasteiger partial charge is 0.380 e. The molecule has 1 aromatic heterocycles. The molecule has 106 valence electrons. The summed E-state index contributed by atoms with van der Waals surface area (Å²) >= 11 is 3.60. The van der Waals surface area contributed by atoms with E-state index in [2.05, 4.69) is 27.2 Å². The van der Waals surface area contributed by atoms with E-state index in [1.807, 2.05) is 18.2 Å². The molecule has 3 rings (SSSR count). The fraction of sp³-hybridized carbons (Fsp3) is 0.438. The molecule has 1 aliphatic rings. The minimum atomic E-state index is 0.449. The number of nitrogens with two attached hydrogens (primary N) is 1. The predicted octanol–water partition coefficient (Wildman–Crippen LogP) is 5.12. The van der Waals surface area contributed by atoms with Crippen LogP contribution in [0.2, 0.25) is 0 Å². The fourth-order valence-corrected chi connectivity index (χ4v) is 3.55. The van der Waals surface area contributed by atoms with Gasteiger partial charge in [0.25, 0.3) is 0 Å². The molecule has 0 atom stereocenters. The van der Waals surface area contributed by atoms with Crippen LogP contribution in [-0.2, 0) is 0 Å². The Bertz CT molecular complexity index is 586. The standard InChI is InChI=1S/C16H19BrN2O/c17-13-10-6-5-9-12(13)14-15(20-19-16(14)18)11-7-3-1-2-4-8-11/h5-6,9-11H,1-4,7-8H2,(H2,18,19). The number of rotatable bonds is 2. The second kappa shape index (κ2) is 6.00. The Kier molecular flexibility index (Phi) is 4.10. The highest BCUT2D eigenvalue weighted by Crippen LogP contribution is 2.42. The summed E-state index contributed by atoms with van der Waals surface area (Å²) in [7, 11) is 0. The molecular formula is C16H19BrN2O. The summed E-state index contributed by atoms with van der Waals surface area (Å²) in [5.74, 6) is 1.91. The molecule has 0 saturated heterocycles. The minimum absolute atomic E-state index is 0.449. The zero-order valence-corrected chi connectivity index (χ0v) is 13.0. The molecule has 1 fully saturated rings. The average molecular weight is 335 g/mol. The van der Waals surface area contributed by atoms with Crippen molar-refractivity contribution in [1.29, 1.82) is 0 Å². The van der Waals surface area contributed by atoms with E-state index >= 15 is 0 Å². The van der Waals surface area contributed by atoms with Gasteiger partial charge in [0.15, 0.2) is 5.82 Å². The van der Waals surface area contributed by atoms with Crippen LogP contribution in [0.4, 0.5) is 5.82 Å². The van der Waals surface area contributed by atoms with Crippen molar-refractivity contribution in [1.82, 2.24) is 5.16 Å². The highest BCUT2D eigenvalue weighted by molar-refractivity contribution is 9.10. The number of hydrogen-bond acceptors (Lipinski definition) is 3. The SMILES string of the molecule is Nc1noc(C2CCCCCC2)c1-c1ccccc1Br. The fourth-order valence-electron chi connectivity index (χ4n) is 3.07. The van der Waals surface area contributed by atoms with E-state index in [0.717, 1.165) is 21.4 Å². The first-order chi connectivity index (χ1) is 9.77. The van der Waals surface area contributed by atoms with E-state index in [1.54, 1.807) is 0 Å². The number of benzene rings is 1. The van der Waals surface area contributed by atoms with Crippen molar-refractivity contribution in [2.24, 2.45) is 0 Å². The second-order valence-electron chi connectivity index (χ2n) is 5.48. The predicted molar refractivity (Wildman–Crippen MR) is 84.5 cm³/mol. The first kappa shape index (κ1) is 13.7. The first-order valence-electron chi connectivity index (χ1n) is 7.27. The molecule has 0 spiro atoms. The van der Waals surface area contributed by atoms with Gasteiger partial charge >= 0.3 is 0 Å². The Labute approximate surface area is 127 Å². The molecule has 3 nitrogen and oxygen atoms in total. The van der Waals surface area contributed by atoms with Gasteiger partial charge in [-0.15, -0.1) is 0 Å². The number of hydrogen-bond donors (Lipinski definition) is 1. The molecule has 4 heteroatoms. The third-order valence-corrected chi connectivity index (χ3v) is 4.81. The third-order valence-electron chi connectivity index (χ3n) is 4.11. The van der Waals surface area contributed by atoms with Gasteiger partial charge in [-0.2, -0.15) is 0 Å². The lowest BCUT2D eigenvalue weighted by molar-refractivity contribution is 0.350. The van der Waals surface area contributed by atoms with Crippen LogP contribution >= 0.6 is 15.9 Å². The molecule has 2 aromatic rings. The molecular weight excluding hydrogens is 316 g/mol. The van der Waals surface area contributed by atoms with E-state index < -0.39 is 0 Å². The Morgan fingerprint density at radius 1 is 1.10 bits per heavy atom. The maximum absolute atomic E-state index is 6.06. The lowest BCUT2D eigenvalue weighted by Crippen LogP contribution is -1.99. The van der Waals surface area contributed by atoms with Gasteiger partial charge in [0, 0.05) is 16.0 Å². The normalized spacial score (nSPS) is 17.1. The van der Waals surface area contributed by atoms with Crippen molar-refractivity contribution in [3.8, 4) is 11.1 Å². The first-order valence-corrected chi connectivity index (χ1v) is 8.06. The minimum Gasteiger partial charge on any atom is -0.380 e. The molecule has 20 heavy (non-hydrogen) atoms. The molecule has 1 saturated carbocycles. The van der Waals surface area contributed by atoms with Crippen LogP contribution in [0.25, 0.3) is 11.1 Å². The van der Waals surface area contributed by atoms with Gasteiger partial charge in [-0.25, -0.2) is 0 Å². The van der Waals surface area contributed by atoms with Crippen LogP contribution < -0.4 is 5.73 Å². The zero-order chi connectivity index (χ0) is 13.9. The Hall–Kier alpha value is -1.29. The maximum atomic E-state index is 6.06. The van der Waals surface area contributed by atoms with Crippen LogP contribution in [0.1, 0.15) is 50.2 Å². The highest BCUT2D eigenvalue weighted by atomic mass is 79.9. The molecule has 2 N–H and O–H groups in total. The molecule has 0 amide bonds. The van der Waals surface area contributed by atoms with E-state index in [1.165, 1.54) is 38.5 Å². The summed E-state index contributed by atoms with van der Waals surface area (Å²) in [6.45, 7) is 0. The summed E-state index contributed by atoms with van der Waals surface area (Å²) in [5, 5.41) is 4.02. The number of anilines is 1. The van der Waals surface area contributed by atoms with Crippen LogP contribution in [0.15, 0.2) is 33.3 Å². The summed E-state index contributed by atoms with van der Waals surface area (Å²) in [6.07, 6.45) is 7.52. The molecule has 0 unspecified atom stereocenters. The van der Waals surface area contributed by atoms with Crippen molar-refractivity contribution in [3.05, 3.63) is 34.5 Å². The molecule has 1 heterocycles. The number of nitrogens with zero attached hydrogens (tertiary/aromatic N) is 1. The van der Waals surface area contributed by atoms with Crippen molar-refractivity contribution < 1.29 is 4.52 Å². The van der Waals surface area contributed by atoms with Crippen LogP contribution in [0.5, 0.6) is 0 Å². The molecule has 0 aliphatic heterocycles. The lowest BCUT2D eigenvalue weighted by Gasteiger charge is -2.13. The Balaban J connectivity index is 2.03. The molecule has 0 bridgehead atoms. The Morgan fingerprint density at radius 3 is 2.50 bits per heavy atom. The summed E-state index contributed by atoms with van der Waals surface area (Å²) < 4.78 is 6.64. The van der Waals surface area contributed by atoms with E-state index in [-0.39, 0.29) is 0 Å². The third kappa shape index (κ3) is 2.62. The molecule has 1 aromatic carbocycles. The maximum Gasteiger partial charge on any atom is 0.175 e. The summed E-state index contributed by atoms with van der Waals surface area (Å²) in [5.41, 5.74) is 8.11. The van der Waals surface area contributed by atoms with Gasteiger partial charge in [0.1, 0.15) is 5.76 Å². The smallest absolute Gasteiger partial charge is 0.175 e. The quantitative estimate of drug-likeness (QED) is 0.775. The Morgan fingerprint density at radius 2 is 1.80 bits per heavy atom. The number of halogens is 1. The second-order valence-corrected chi connectivity index (χ2v) is 6.33. The zero-order valence-electron chi connectivity index (χ0n) is 11.4. The van der Waals surface area contributed by atoms with Gasteiger partial charge < -0.3 is 10.3 Å². The molecule has 1 aliphatic carbocycles. The monoisotopic (exact) mass is 334 g/mol. The number of aromatic nitrogens is 1. The average Bonchev–Trinajstić information content (AvgIpc) is 2.67. The summed E-state index contributed by atoms with van der Waals surface area (Å²) in [6, 6.07) is 8.11. The van der Waals surface area contributed by atoms with Crippen molar-refractivity contribution >= 4 is 21.7 Å². The highest BCUT2D eigenvalue weighted by Gasteiger charge is 2.25. The molecule has 0 radical (unpaired) electrons. The van der Waals surface area contributed by atoms with Crippen molar-refractivity contribution in [2.75, 3.05) is 5.73 Å². The number of nitrogen functional groups attached to an aromatic ring is 1. The van der Waals surface area contributed by atoms with Crippen LogP contribution in [-0.4, -0.2) is 5.16 Å². The van der Waals surface area contributed by atoms with Gasteiger partial charge in [-0.1, -0.05) is 65.0 Å². The van der Waals surface area contributed by atoms with Crippen LogP contribution in [0.3, 0.4) is 0 Å². The van der Waals surface area contributed by atoms with Gasteiger partial charge in [0.05, 0.1) is 5.56 Å². The van der Waals surface area contributed by atoms with Crippen molar-refractivity contribution in [2.45, 2.75) is 44.4 Å². The van der Waals surface area contributed by atoms with E-state index in [4.69, 9.17) is 10.3 Å². The topological polar surface area (TPSA) is 52.0 Å². The van der Waals surface area contributed by atoms with E-state index in [9.17, 15) is 0 Å². The van der Waals surface area contributed by atoms with Crippen molar-refractivity contribution in [3.63, 3.8) is 0 Å². The van der Waals surface area contributed by atoms with Gasteiger partial charge in [0.2, 0.25) is 0 Å². The van der Waals surface area contributed by atoms with Crippen LogP contribution in [0, 0.1) is 0 Å². The van der Waals surface area contributed by atoms with Gasteiger partial charge in [-0.05, 0) is 18.9 Å².